The molecular weight excluding hydrogens is 290 g/mol. The van der Waals surface area contributed by atoms with Crippen molar-refractivity contribution in [2.24, 2.45) is 0 Å². The van der Waals surface area contributed by atoms with E-state index in [1.54, 1.807) is 25.1 Å². The minimum absolute atomic E-state index is 0.0613. The summed E-state index contributed by atoms with van der Waals surface area (Å²) < 4.78 is 0. The molecule has 2 aromatic carbocycles. The van der Waals surface area contributed by atoms with Gasteiger partial charge in [0.25, 0.3) is 11.8 Å². The van der Waals surface area contributed by atoms with Crippen LogP contribution in [0.1, 0.15) is 37.4 Å². The number of imide groups is 1. The summed E-state index contributed by atoms with van der Waals surface area (Å²) in [4.78, 5) is 24.6. The fraction of sp³-hybridized carbons (Fsp3) is 0.263. The number of rotatable bonds is 2. The Balaban J connectivity index is 0.000000203. The molecule has 0 atom stereocenters. The maximum atomic E-state index is 11.8. The smallest absolute Gasteiger partial charge is 0.261 e. The molecule has 0 aliphatic carbocycles. The SMILES string of the molecule is Cc1cccc(C)c1.Cc1cccc2c1C(=O)N(CCO)C2=O. The summed E-state index contributed by atoms with van der Waals surface area (Å²) in [5.41, 5.74) is 4.38. The lowest BCUT2D eigenvalue weighted by molar-refractivity contribution is 0.0624. The monoisotopic (exact) mass is 311 g/mol. The third-order valence-electron chi connectivity index (χ3n) is 3.70. The van der Waals surface area contributed by atoms with Gasteiger partial charge in [-0.15, -0.1) is 0 Å². The molecule has 1 aliphatic heterocycles. The molecule has 0 fully saturated rings. The molecule has 1 heterocycles. The number of aliphatic hydroxyl groups is 1. The molecule has 1 aliphatic rings. The Bertz CT molecular complexity index is 720. The topological polar surface area (TPSA) is 57.6 Å². The zero-order valence-corrected chi connectivity index (χ0v) is 13.7. The number of aryl methyl sites for hydroxylation is 3. The van der Waals surface area contributed by atoms with Gasteiger partial charge in [-0.2, -0.15) is 0 Å². The fourth-order valence-corrected chi connectivity index (χ4v) is 2.61. The lowest BCUT2D eigenvalue weighted by Gasteiger charge is -2.10. The molecule has 0 bridgehead atoms. The Hall–Kier alpha value is -2.46. The summed E-state index contributed by atoms with van der Waals surface area (Å²) in [6, 6.07) is 13.6. The summed E-state index contributed by atoms with van der Waals surface area (Å²) in [7, 11) is 0. The molecule has 4 nitrogen and oxygen atoms in total. The fourth-order valence-electron chi connectivity index (χ4n) is 2.61. The van der Waals surface area contributed by atoms with Crippen molar-refractivity contribution < 1.29 is 14.7 Å². The zero-order valence-electron chi connectivity index (χ0n) is 13.7. The van der Waals surface area contributed by atoms with Gasteiger partial charge in [-0.05, 0) is 32.4 Å². The number of aliphatic hydroxyl groups excluding tert-OH is 1. The van der Waals surface area contributed by atoms with Crippen molar-refractivity contribution in [3.05, 3.63) is 70.3 Å². The van der Waals surface area contributed by atoms with Crippen molar-refractivity contribution in [1.82, 2.24) is 4.90 Å². The summed E-state index contributed by atoms with van der Waals surface area (Å²) in [6.45, 7) is 5.86. The van der Waals surface area contributed by atoms with Crippen molar-refractivity contribution in [3.8, 4) is 0 Å². The second-order valence-electron chi connectivity index (χ2n) is 5.64. The van der Waals surface area contributed by atoms with E-state index >= 15 is 0 Å². The van der Waals surface area contributed by atoms with Crippen molar-refractivity contribution in [1.29, 1.82) is 0 Å². The van der Waals surface area contributed by atoms with Gasteiger partial charge in [0.2, 0.25) is 0 Å². The molecule has 0 aromatic heterocycles. The highest BCUT2D eigenvalue weighted by Gasteiger charge is 2.35. The van der Waals surface area contributed by atoms with E-state index in [0.29, 0.717) is 11.1 Å². The number of nitrogens with zero attached hydrogens (tertiary/aromatic N) is 1. The van der Waals surface area contributed by atoms with Gasteiger partial charge in [0, 0.05) is 0 Å². The number of amides is 2. The molecule has 3 rings (SSSR count). The highest BCUT2D eigenvalue weighted by atomic mass is 16.3. The maximum Gasteiger partial charge on any atom is 0.261 e. The van der Waals surface area contributed by atoms with E-state index in [9.17, 15) is 9.59 Å². The Morgan fingerprint density at radius 1 is 0.913 bits per heavy atom. The summed E-state index contributed by atoms with van der Waals surface area (Å²) in [5.74, 6) is -0.616. The quantitative estimate of drug-likeness (QED) is 0.868. The number of β-amino-alcohol motifs (C(OH)–C–C–N with tert-alkyl or cyclic N) is 1. The second-order valence-corrected chi connectivity index (χ2v) is 5.64. The van der Waals surface area contributed by atoms with E-state index in [0.717, 1.165) is 10.5 Å². The third kappa shape index (κ3) is 3.66. The van der Waals surface area contributed by atoms with Crippen molar-refractivity contribution in [2.45, 2.75) is 20.8 Å². The molecular formula is C19H21NO3. The molecule has 120 valence electrons. The average Bonchev–Trinajstić information content (AvgIpc) is 2.74. The highest BCUT2D eigenvalue weighted by molar-refractivity contribution is 6.22. The van der Waals surface area contributed by atoms with E-state index in [2.05, 4.69) is 38.1 Å². The summed E-state index contributed by atoms with van der Waals surface area (Å²) in [5, 5.41) is 8.76. The lowest BCUT2D eigenvalue weighted by Crippen LogP contribution is -2.32. The largest absolute Gasteiger partial charge is 0.395 e. The Morgan fingerprint density at radius 3 is 2.00 bits per heavy atom. The standard InChI is InChI=1S/C11H11NO3.C8H10/c1-7-3-2-4-8-9(7)11(15)12(5-6-13)10(8)14;1-7-4-3-5-8(2)6-7/h2-4,13H,5-6H2,1H3;3-6H,1-2H3. The van der Waals surface area contributed by atoms with Crippen LogP contribution in [0.25, 0.3) is 0 Å². The number of benzene rings is 2. The average molecular weight is 311 g/mol. The highest BCUT2D eigenvalue weighted by Crippen LogP contribution is 2.25. The van der Waals surface area contributed by atoms with Crippen molar-refractivity contribution >= 4 is 11.8 Å². The number of carbonyl (C=O) groups is 2. The molecule has 2 amide bonds. The molecule has 0 saturated heterocycles. The minimum atomic E-state index is -0.312. The minimum Gasteiger partial charge on any atom is -0.395 e. The van der Waals surface area contributed by atoms with Gasteiger partial charge in [0.15, 0.2) is 0 Å². The van der Waals surface area contributed by atoms with Gasteiger partial charge in [-0.3, -0.25) is 14.5 Å². The lowest BCUT2D eigenvalue weighted by atomic mass is 10.0. The van der Waals surface area contributed by atoms with Gasteiger partial charge >= 0.3 is 0 Å². The van der Waals surface area contributed by atoms with Gasteiger partial charge < -0.3 is 5.11 Å². The van der Waals surface area contributed by atoms with Crippen molar-refractivity contribution in [2.75, 3.05) is 13.2 Å². The first-order valence-electron chi connectivity index (χ1n) is 7.55. The number of hydrogen-bond acceptors (Lipinski definition) is 3. The first kappa shape index (κ1) is 16.9. The van der Waals surface area contributed by atoms with Crippen LogP contribution in [0.15, 0.2) is 42.5 Å². The van der Waals surface area contributed by atoms with E-state index in [-0.39, 0.29) is 25.0 Å². The van der Waals surface area contributed by atoms with Crippen LogP contribution in [-0.4, -0.2) is 35.0 Å². The zero-order chi connectivity index (χ0) is 17.0. The first-order chi connectivity index (χ1) is 11.0. The summed E-state index contributed by atoms with van der Waals surface area (Å²) >= 11 is 0. The van der Waals surface area contributed by atoms with Crippen LogP contribution in [0.5, 0.6) is 0 Å². The second kappa shape index (κ2) is 7.20. The van der Waals surface area contributed by atoms with Crippen LogP contribution < -0.4 is 0 Å². The van der Waals surface area contributed by atoms with Gasteiger partial charge in [0.05, 0.1) is 24.3 Å². The molecule has 0 spiro atoms. The van der Waals surface area contributed by atoms with Gasteiger partial charge in [-0.25, -0.2) is 0 Å². The first-order valence-corrected chi connectivity index (χ1v) is 7.55. The molecule has 23 heavy (non-hydrogen) atoms. The van der Waals surface area contributed by atoms with E-state index in [1.807, 2.05) is 0 Å². The van der Waals surface area contributed by atoms with Gasteiger partial charge in [-0.1, -0.05) is 47.5 Å². The van der Waals surface area contributed by atoms with Crippen LogP contribution in [0, 0.1) is 20.8 Å². The van der Waals surface area contributed by atoms with Crippen molar-refractivity contribution in [3.63, 3.8) is 0 Å². The van der Waals surface area contributed by atoms with E-state index < -0.39 is 0 Å². The molecule has 2 aromatic rings. The van der Waals surface area contributed by atoms with Crippen LogP contribution in [0.2, 0.25) is 0 Å². The van der Waals surface area contributed by atoms with Crippen LogP contribution in [-0.2, 0) is 0 Å². The van der Waals surface area contributed by atoms with Crippen LogP contribution in [0.3, 0.4) is 0 Å². The Morgan fingerprint density at radius 2 is 1.52 bits per heavy atom. The molecule has 0 radical (unpaired) electrons. The predicted molar refractivity (Wildman–Crippen MR) is 89.5 cm³/mol. The molecule has 0 unspecified atom stereocenters. The maximum absolute atomic E-state index is 11.8. The number of hydrogen-bond donors (Lipinski definition) is 1. The third-order valence-corrected chi connectivity index (χ3v) is 3.70. The summed E-state index contributed by atoms with van der Waals surface area (Å²) in [6.07, 6.45) is 0. The van der Waals surface area contributed by atoms with Gasteiger partial charge in [0.1, 0.15) is 0 Å². The van der Waals surface area contributed by atoms with E-state index in [1.165, 1.54) is 11.1 Å². The predicted octanol–water partition coefficient (Wildman–Crippen LogP) is 2.89. The number of carbonyl (C=O) groups excluding carboxylic acids is 2. The molecule has 1 N–H and O–H groups in total. The normalized spacial score (nSPS) is 12.8. The number of fused-ring (bicyclic) bond motifs is 1. The van der Waals surface area contributed by atoms with E-state index in [4.69, 9.17) is 5.11 Å². The van der Waals surface area contributed by atoms with Crippen LogP contribution in [0.4, 0.5) is 0 Å². The Labute approximate surface area is 136 Å². The molecule has 4 heteroatoms. The Kier molecular flexibility index (Phi) is 5.29. The van der Waals surface area contributed by atoms with Crippen LogP contribution >= 0.6 is 0 Å². The molecule has 0 saturated carbocycles.